The molecule has 7 heteroatoms. The van der Waals surface area contributed by atoms with E-state index >= 15 is 0 Å². The lowest BCUT2D eigenvalue weighted by Gasteiger charge is -2.12. The summed E-state index contributed by atoms with van der Waals surface area (Å²) in [7, 11) is 0. The van der Waals surface area contributed by atoms with Gasteiger partial charge >= 0.3 is 0 Å². The number of carbonyl (C=O) groups is 1. The molecule has 4 rings (SSSR count). The van der Waals surface area contributed by atoms with Crippen LogP contribution in [-0.2, 0) is 19.5 Å². The van der Waals surface area contributed by atoms with Crippen LogP contribution in [0.15, 0.2) is 53.4 Å². The second-order valence-electron chi connectivity index (χ2n) is 5.60. The fourth-order valence-corrected chi connectivity index (χ4v) is 2.74. The lowest BCUT2D eigenvalue weighted by Crippen LogP contribution is -2.24. The molecule has 1 aliphatic rings. The Kier molecular flexibility index (Phi) is 3.74. The lowest BCUT2D eigenvalue weighted by atomic mass is 10.2. The third kappa shape index (κ3) is 3.01. The van der Waals surface area contributed by atoms with Crippen molar-refractivity contribution in [3.05, 3.63) is 66.1 Å². The van der Waals surface area contributed by atoms with E-state index in [9.17, 15) is 4.79 Å². The fourth-order valence-electron chi connectivity index (χ4n) is 2.74. The lowest BCUT2D eigenvalue weighted by molar-refractivity contribution is 0.0941. The number of nitrogens with one attached hydrogen (secondary N) is 1. The minimum atomic E-state index is -0.210. The number of fused-ring (bicyclic) bond motifs is 1. The second-order valence-corrected chi connectivity index (χ2v) is 5.60. The van der Waals surface area contributed by atoms with Crippen LogP contribution >= 0.6 is 0 Å². The van der Waals surface area contributed by atoms with E-state index < -0.39 is 0 Å². The molecule has 0 unspecified atom stereocenters. The first kappa shape index (κ1) is 14.5. The highest BCUT2D eigenvalue weighted by Crippen LogP contribution is 2.21. The highest BCUT2D eigenvalue weighted by molar-refractivity contribution is 5.92. The number of amides is 1. The minimum Gasteiger partial charge on any atom is -0.486 e. The molecule has 122 valence electrons. The van der Waals surface area contributed by atoms with Crippen molar-refractivity contribution in [2.24, 2.45) is 0 Å². The number of hydrogen-bond acceptors (Lipinski definition) is 5. The molecule has 1 aliphatic heterocycles. The van der Waals surface area contributed by atoms with Gasteiger partial charge in [0.1, 0.15) is 23.3 Å². The smallest absolute Gasteiger partial charge is 0.272 e. The Morgan fingerprint density at radius 1 is 1.42 bits per heavy atom. The average Bonchev–Trinajstić information content (AvgIpc) is 3.29. The maximum atomic E-state index is 12.1. The van der Waals surface area contributed by atoms with Crippen molar-refractivity contribution in [1.82, 2.24) is 20.1 Å². The van der Waals surface area contributed by atoms with Gasteiger partial charge < -0.3 is 14.5 Å². The van der Waals surface area contributed by atoms with E-state index in [1.165, 1.54) is 0 Å². The Labute approximate surface area is 138 Å². The Morgan fingerprint density at radius 2 is 2.38 bits per heavy atom. The Morgan fingerprint density at radius 3 is 3.12 bits per heavy atom. The van der Waals surface area contributed by atoms with Crippen LogP contribution in [0.4, 0.5) is 0 Å². The predicted octanol–water partition coefficient (Wildman–Crippen LogP) is 1.80. The van der Waals surface area contributed by atoms with Gasteiger partial charge in [-0.05, 0) is 30.3 Å². The maximum Gasteiger partial charge on any atom is 0.272 e. The number of nitrogens with zero attached hydrogens (tertiary/aromatic N) is 3. The molecule has 1 N–H and O–H groups in total. The Bertz CT molecular complexity index is 803. The predicted molar refractivity (Wildman–Crippen MR) is 84.5 cm³/mol. The fraction of sp³-hybridized carbons (Fsp3) is 0.235. The summed E-state index contributed by atoms with van der Waals surface area (Å²) in [5.41, 5.74) is 1.41. The first-order valence-electron chi connectivity index (χ1n) is 7.72. The molecule has 3 aromatic rings. The van der Waals surface area contributed by atoms with E-state index in [4.69, 9.17) is 9.15 Å². The van der Waals surface area contributed by atoms with Gasteiger partial charge in [-0.1, -0.05) is 0 Å². The second kappa shape index (κ2) is 6.19. The number of ether oxygens (including phenoxy) is 1. The Hall–Kier alpha value is -3.09. The van der Waals surface area contributed by atoms with Gasteiger partial charge in [0.25, 0.3) is 5.91 Å². The summed E-state index contributed by atoms with van der Waals surface area (Å²) in [5, 5.41) is 7.15. The SMILES string of the molecule is O=C(NCc1ccco1)c1cc2n(n1)C[C@@H](Oc1cccnc1)C2. The van der Waals surface area contributed by atoms with Crippen LogP contribution in [0.2, 0.25) is 0 Å². The van der Waals surface area contributed by atoms with Gasteiger partial charge in [-0.2, -0.15) is 5.10 Å². The van der Waals surface area contributed by atoms with E-state index in [0.717, 1.165) is 11.4 Å². The van der Waals surface area contributed by atoms with Crippen molar-refractivity contribution in [3.63, 3.8) is 0 Å². The third-order valence-electron chi connectivity index (χ3n) is 3.85. The molecule has 7 nitrogen and oxygen atoms in total. The average molecular weight is 324 g/mol. The van der Waals surface area contributed by atoms with E-state index in [2.05, 4.69) is 15.4 Å². The summed E-state index contributed by atoms with van der Waals surface area (Å²) in [5.74, 6) is 1.24. The van der Waals surface area contributed by atoms with Gasteiger partial charge in [0.15, 0.2) is 0 Å². The standard InChI is InChI=1S/C17H16N4O3/c22-17(19-10-13-4-2-6-23-13)16-8-12-7-15(11-21(12)20-16)24-14-3-1-5-18-9-14/h1-6,8-9,15H,7,10-11H2,(H,19,22)/t15-/m0/s1. The van der Waals surface area contributed by atoms with Crippen LogP contribution < -0.4 is 10.1 Å². The highest BCUT2D eigenvalue weighted by atomic mass is 16.5. The molecule has 0 aromatic carbocycles. The van der Waals surface area contributed by atoms with E-state index in [1.54, 1.807) is 24.7 Å². The molecule has 24 heavy (non-hydrogen) atoms. The van der Waals surface area contributed by atoms with Crippen molar-refractivity contribution in [2.45, 2.75) is 25.6 Å². The molecule has 4 heterocycles. The topological polar surface area (TPSA) is 82.2 Å². The van der Waals surface area contributed by atoms with Gasteiger partial charge in [-0.15, -0.1) is 0 Å². The third-order valence-corrected chi connectivity index (χ3v) is 3.85. The molecular weight excluding hydrogens is 308 g/mol. The quantitative estimate of drug-likeness (QED) is 0.774. The van der Waals surface area contributed by atoms with Crippen LogP contribution in [0.25, 0.3) is 0 Å². The summed E-state index contributed by atoms with van der Waals surface area (Å²) < 4.78 is 12.9. The van der Waals surface area contributed by atoms with Crippen molar-refractivity contribution in [1.29, 1.82) is 0 Å². The van der Waals surface area contributed by atoms with E-state index in [-0.39, 0.29) is 12.0 Å². The van der Waals surface area contributed by atoms with Crippen molar-refractivity contribution >= 4 is 5.91 Å². The summed E-state index contributed by atoms with van der Waals surface area (Å²) in [6.45, 7) is 0.969. The Balaban J connectivity index is 1.36. The first-order chi connectivity index (χ1) is 11.8. The number of carbonyl (C=O) groups excluding carboxylic acids is 1. The number of pyridine rings is 1. The molecule has 0 spiro atoms. The zero-order chi connectivity index (χ0) is 16.4. The molecule has 0 bridgehead atoms. The molecular formula is C17H16N4O3. The van der Waals surface area contributed by atoms with Gasteiger partial charge in [-0.25, -0.2) is 0 Å². The normalized spacial score (nSPS) is 15.9. The molecule has 0 saturated heterocycles. The van der Waals surface area contributed by atoms with Crippen LogP contribution in [0.5, 0.6) is 5.75 Å². The van der Waals surface area contributed by atoms with Gasteiger partial charge in [-0.3, -0.25) is 14.5 Å². The van der Waals surface area contributed by atoms with E-state index in [0.29, 0.717) is 31.0 Å². The molecule has 1 amide bonds. The summed E-state index contributed by atoms with van der Waals surface area (Å²) in [4.78, 5) is 16.2. The molecule has 3 aromatic heterocycles. The first-order valence-corrected chi connectivity index (χ1v) is 7.72. The monoisotopic (exact) mass is 324 g/mol. The zero-order valence-electron chi connectivity index (χ0n) is 12.9. The van der Waals surface area contributed by atoms with Crippen molar-refractivity contribution in [2.75, 3.05) is 0 Å². The zero-order valence-corrected chi connectivity index (χ0v) is 12.9. The summed E-state index contributed by atoms with van der Waals surface area (Å²) in [6, 6.07) is 9.12. The van der Waals surface area contributed by atoms with Crippen LogP contribution in [0.1, 0.15) is 21.9 Å². The highest BCUT2D eigenvalue weighted by Gasteiger charge is 2.26. The number of furan rings is 1. The van der Waals surface area contributed by atoms with Gasteiger partial charge in [0.2, 0.25) is 0 Å². The molecule has 0 saturated carbocycles. The molecule has 0 fully saturated rings. The van der Waals surface area contributed by atoms with Gasteiger partial charge in [0, 0.05) is 18.3 Å². The molecule has 0 radical (unpaired) electrons. The molecule has 1 atom stereocenters. The van der Waals surface area contributed by atoms with Crippen LogP contribution in [-0.4, -0.2) is 26.8 Å². The van der Waals surface area contributed by atoms with Crippen molar-refractivity contribution in [3.8, 4) is 5.75 Å². The maximum absolute atomic E-state index is 12.1. The molecule has 0 aliphatic carbocycles. The number of hydrogen-bond donors (Lipinski definition) is 1. The minimum absolute atomic E-state index is 0.0110. The number of rotatable bonds is 5. The summed E-state index contributed by atoms with van der Waals surface area (Å²) in [6.07, 6.45) is 5.70. The van der Waals surface area contributed by atoms with Crippen LogP contribution in [0, 0.1) is 0 Å². The number of aromatic nitrogens is 3. The van der Waals surface area contributed by atoms with Crippen molar-refractivity contribution < 1.29 is 13.9 Å². The largest absolute Gasteiger partial charge is 0.486 e. The summed E-state index contributed by atoms with van der Waals surface area (Å²) >= 11 is 0. The van der Waals surface area contributed by atoms with E-state index in [1.807, 2.05) is 28.9 Å². The van der Waals surface area contributed by atoms with Gasteiger partial charge in [0.05, 0.1) is 25.5 Å². The van der Waals surface area contributed by atoms with Crippen LogP contribution in [0.3, 0.4) is 0 Å².